The fraction of sp³-hybridized carbons (Fsp3) is 0.833. The SMILES string of the molecule is NCCc1nnc(CC2CC3CCC2C3)o1. The molecule has 1 aromatic rings. The maximum atomic E-state index is 5.59. The van der Waals surface area contributed by atoms with Crippen LogP contribution in [-0.2, 0) is 12.8 Å². The molecule has 2 saturated carbocycles. The molecule has 16 heavy (non-hydrogen) atoms. The summed E-state index contributed by atoms with van der Waals surface area (Å²) in [6.07, 6.45) is 7.36. The van der Waals surface area contributed by atoms with Crippen LogP contribution in [0.3, 0.4) is 0 Å². The average molecular weight is 221 g/mol. The van der Waals surface area contributed by atoms with E-state index in [1.165, 1.54) is 25.7 Å². The fourth-order valence-corrected chi connectivity index (χ4v) is 3.45. The number of nitrogens with zero attached hydrogens (tertiary/aromatic N) is 2. The van der Waals surface area contributed by atoms with Gasteiger partial charge in [-0.2, -0.15) is 0 Å². The van der Waals surface area contributed by atoms with Crippen molar-refractivity contribution in [2.24, 2.45) is 23.5 Å². The predicted octanol–water partition coefficient (Wildman–Crippen LogP) is 1.55. The zero-order valence-corrected chi connectivity index (χ0v) is 9.56. The molecule has 0 radical (unpaired) electrons. The fourth-order valence-electron chi connectivity index (χ4n) is 3.45. The first-order valence-electron chi connectivity index (χ1n) is 6.36. The van der Waals surface area contributed by atoms with Crippen LogP contribution in [0.4, 0.5) is 0 Å². The third-order valence-corrected chi connectivity index (χ3v) is 4.19. The lowest BCUT2D eigenvalue weighted by atomic mass is 9.86. The average Bonchev–Trinajstić information content (AvgIpc) is 2.95. The molecule has 0 spiro atoms. The molecule has 0 amide bonds. The molecule has 3 atom stereocenters. The summed E-state index contributed by atoms with van der Waals surface area (Å²) < 4.78 is 5.59. The van der Waals surface area contributed by atoms with Gasteiger partial charge in [0.1, 0.15) is 0 Å². The summed E-state index contributed by atoms with van der Waals surface area (Å²) >= 11 is 0. The van der Waals surface area contributed by atoms with Gasteiger partial charge in [0.15, 0.2) is 0 Å². The summed E-state index contributed by atoms with van der Waals surface area (Å²) in [7, 11) is 0. The summed E-state index contributed by atoms with van der Waals surface area (Å²) in [5.41, 5.74) is 5.46. The number of nitrogens with two attached hydrogens (primary N) is 1. The molecule has 88 valence electrons. The van der Waals surface area contributed by atoms with Crippen LogP contribution in [0.2, 0.25) is 0 Å². The molecule has 0 saturated heterocycles. The van der Waals surface area contributed by atoms with E-state index in [-0.39, 0.29) is 0 Å². The lowest BCUT2D eigenvalue weighted by molar-refractivity contribution is 0.303. The molecular weight excluding hydrogens is 202 g/mol. The van der Waals surface area contributed by atoms with E-state index in [1.807, 2.05) is 0 Å². The van der Waals surface area contributed by atoms with E-state index < -0.39 is 0 Å². The van der Waals surface area contributed by atoms with Crippen LogP contribution < -0.4 is 5.73 Å². The Morgan fingerprint density at radius 2 is 2.06 bits per heavy atom. The molecule has 4 nitrogen and oxygen atoms in total. The van der Waals surface area contributed by atoms with Crippen LogP contribution in [0, 0.1) is 17.8 Å². The van der Waals surface area contributed by atoms with Crippen LogP contribution in [0.25, 0.3) is 0 Å². The van der Waals surface area contributed by atoms with Gasteiger partial charge in [-0.3, -0.25) is 0 Å². The second kappa shape index (κ2) is 4.17. The van der Waals surface area contributed by atoms with Gasteiger partial charge >= 0.3 is 0 Å². The van der Waals surface area contributed by atoms with E-state index in [0.29, 0.717) is 18.9 Å². The minimum atomic E-state index is 0.579. The molecule has 1 aromatic heterocycles. The Morgan fingerprint density at radius 1 is 1.19 bits per heavy atom. The van der Waals surface area contributed by atoms with Crippen LogP contribution >= 0.6 is 0 Å². The quantitative estimate of drug-likeness (QED) is 0.837. The standard InChI is InChI=1S/C12H19N3O/c13-4-3-11-14-15-12(16-11)7-10-6-8-1-2-9(10)5-8/h8-10H,1-7,13H2. The topological polar surface area (TPSA) is 64.9 Å². The third kappa shape index (κ3) is 1.86. The Labute approximate surface area is 95.6 Å². The predicted molar refractivity (Wildman–Crippen MR) is 59.7 cm³/mol. The van der Waals surface area contributed by atoms with Gasteiger partial charge in [-0.25, -0.2) is 0 Å². The highest BCUT2D eigenvalue weighted by molar-refractivity contribution is 4.94. The lowest BCUT2D eigenvalue weighted by Gasteiger charge is -2.19. The summed E-state index contributed by atoms with van der Waals surface area (Å²) in [5.74, 6) is 4.22. The summed E-state index contributed by atoms with van der Waals surface area (Å²) in [6.45, 7) is 0.579. The van der Waals surface area contributed by atoms with Gasteiger partial charge in [-0.05, 0) is 37.0 Å². The van der Waals surface area contributed by atoms with Gasteiger partial charge in [0.25, 0.3) is 0 Å². The van der Waals surface area contributed by atoms with Crippen molar-refractivity contribution >= 4 is 0 Å². The summed E-state index contributed by atoms with van der Waals surface area (Å²) in [5, 5.41) is 8.12. The van der Waals surface area contributed by atoms with Crippen LogP contribution in [0.5, 0.6) is 0 Å². The van der Waals surface area contributed by atoms with Crippen LogP contribution in [0.1, 0.15) is 37.5 Å². The zero-order chi connectivity index (χ0) is 11.0. The smallest absolute Gasteiger partial charge is 0.217 e. The first-order valence-corrected chi connectivity index (χ1v) is 6.36. The molecule has 0 aliphatic heterocycles. The third-order valence-electron chi connectivity index (χ3n) is 4.19. The number of aromatic nitrogens is 2. The molecule has 2 aliphatic rings. The Hall–Kier alpha value is -0.900. The molecule has 1 heterocycles. The first-order chi connectivity index (χ1) is 7.85. The van der Waals surface area contributed by atoms with Crippen molar-refractivity contribution in [1.82, 2.24) is 10.2 Å². The summed E-state index contributed by atoms with van der Waals surface area (Å²) in [6, 6.07) is 0. The van der Waals surface area contributed by atoms with Crippen molar-refractivity contribution < 1.29 is 4.42 Å². The van der Waals surface area contributed by atoms with Crippen molar-refractivity contribution in [3.63, 3.8) is 0 Å². The Morgan fingerprint density at radius 3 is 2.75 bits per heavy atom. The molecule has 2 N–H and O–H groups in total. The van der Waals surface area contributed by atoms with Crippen molar-refractivity contribution in [3.05, 3.63) is 11.8 Å². The zero-order valence-electron chi connectivity index (χ0n) is 9.56. The number of hydrogen-bond donors (Lipinski definition) is 1. The van der Waals surface area contributed by atoms with E-state index in [4.69, 9.17) is 10.2 Å². The second-order valence-electron chi connectivity index (χ2n) is 5.27. The first kappa shape index (κ1) is 10.3. The van der Waals surface area contributed by atoms with Gasteiger partial charge in [0.05, 0.1) is 0 Å². The lowest BCUT2D eigenvalue weighted by Crippen LogP contribution is -2.13. The molecular formula is C12H19N3O. The van der Waals surface area contributed by atoms with Crippen LogP contribution in [0.15, 0.2) is 4.42 Å². The minimum absolute atomic E-state index is 0.579. The van der Waals surface area contributed by atoms with Crippen molar-refractivity contribution in [2.45, 2.75) is 38.5 Å². The molecule has 2 bridgehead atoms. The normalized spacial score (nSPS) is 32.4. The van der Waals surface area contributed by atoms with Gasteiger partial charge in [0, 0.05) is 19.4 Å². The molecule has 3 rings (SSSR count). The van der Waals surface area contributed by atoms with Crippen molar-refractivity contribution in [2.75, 3.05) is 6.54 Å². The van der Waals surface area contributed by atoms with E-state index in [9.17, 15) is 0 Å². The highest BCUT2D eigenvalue weighted by Crippen LogP contribution is 2.49. The van der Waals surface area contributed by atoms with Crippen molar-refractivity contribution in [1.29, 1.82) is 0 Å². The Bertz CT molecular complexity index is 363. The van der Waals surface area contributed by atoms with Gasteiger partial charge in [0.2, 0.25) is 11.8 Å². The van der Waals surface area contributed by atoms with E-state index in [1.54, 1.807) is 0 Å². The molecule has 4 heteroatoms. The van der Waals surface area contributed by atoms with Crippen LogP contribution in [-0.4, -0.2) is 16.7 Å². The molecule has 2 aliphatic carbocycles. The van der Waals surface area contributed by atoms with Gasteiger partial charge < -0.3 is 10.2 Å². The highest BCUT2D eigenvalue weighted by Gasteiger charge is 2.39. The van der Waals surface area contributed by atoms with E-state index in [2.05, 4.69) is 10.2 Å². The maximum Gasteiger partial charge on any atom is 0.217 e. The second-order valence-corrected chi connectivity index (χ2v) is 5.27. The van der Waals surface area contributed by atoms with Gasteiger partial charge in [-0.15, -0.1) is 10.2 Å². The number of rotatable bonds is 4. The molecule has 3 unspecified atom stereocenters. The van der Waals surface area contributed by atoms with Gasteiger partial charge in [-0.1, -0.05) is 6.42 Å². The van der Waals surface area contributed by atoms with E-state index in [0.717, 1.165) is 30.1 Å². The molecule has 2 fully saturated rings. The summed E-state index contributed by atoms with van der Waals surface area (Å²) in [4.78, 5) is 0. The largest absolute Gasteiger partial charge is 0.425 e. The van der Waals surface area contributed by atoms with E-state index >= 15 is 0 Å². The molecule has 0 aromatic carbocycles. The van der Waals surface area contributed by atoms with Crippen molar-refractivity contribution in [3.8, 4) is 0 Å². The monoisotopic (exact) mass is 221 g/mol. The maximum absolute atomic E-state index is 5.59. The Kier molecular flexibility index (Phi) is 2.67. The minimum Gasteiger partial charge on any atom is -0.425 e. The number of fused-ring (bicyclic) bond motifs is 2. The number of hydrogen-bond acceptors (Lipinski definition) is 4. The Balaban J connectivity index is 1.61. The highest BCUT2D eigenvalue weighted by atomic mass is 16.4.